The molecule has 1 unspecified atom stereocenters. The van der Waals surface area contributed by atoms with Gasteiger partial charge in [0.2, 0.25) is 0 Å². The molecule has 2 nitrogen and oxygen atoms in total. The summed E-state index contributed by atoms with van der Waals surface area (Å²) in [5.74, 6) is -0.181. The van der Waals surface area contributed by atoms with E-state index in [2.05, 4.69) is 40.3 Å². The largest absolute Gasteiger partial charge is 0.340 e. The number of aromatic nitrogens is 1. The van der Waals surface area contributed by atoms with Gasteiger partial charge in [-0.1, -0.05) is 30.3 Å². The lowest BCUT2D eigenvalue weighted by molar-refractivity contribution is 0.538. The number of halogens is 1. The minimum Gasteiger partial charge on any atom is -0.340 e. The van der Waals surface area contributed by atoms with E-state index < -0.39 is 0 Å². The molecule has 0 amide bonds. The van der Waals surface area contributed by atoms with Crippen molar-refractivity contribution in [2.75, 3.05) is 13.6 Å². The molecule has 3 heteroatoms. The normalized spacial score (nSPS) is 12.7. The van der Waals surface area contributed by atoms with Gasteiger partial charge in [-0.15, -0.1) is 0 Å². The van der Waals surface area contributed by atoms with Gasteiger partial charge in [-0.3, -0.25) is 0 Å². The molecular weight excluding hydrogens is 275 g/mol. The Morgan fingerprint density at radius 2 is 1.91 bits per heavy atom. The van der Waals surface area contributed by atoms with E-state index in [1.165, 1.54) is 5.56 Å². The molecule has 3 rings (SSSR count). The average Bonchev–Trinajstić information content (AvgIpc) is 2.85. The molecule has 0 aliphatic rings. The summed E-state index contributed by atoms with van der Waals surface area (Å²) in [4.78, 5) is 0. The maximum atomic E-state index is 13.5. The number of hydrogen-bond acceptors (Lipinski definition) is 1. The maximum Gasteiger partial charge on any atom is 0.123 e. The number of hydrogen-bond donors (Lipinski definition) is 1. The van der Waals surface area contributed by atoms with Crippen LogP contribution in [0.25, 0.3) is 10.9 Å². The molecule has 114 valence electrons. The quantitative estimate of drug-likeness (QED) is 0.743. The third kappa shape index (κ3) is 2.77. The highest BCUT2D eigenvalue weighted by Crippen LogP contribution is 2.30. The van der Waals surface area contributed by atoms with Crippen LogP contribution >= 0.6 is 0 Å². The molecule has 0 aliphatic heterocycles. The van der Waals surface area contributed by atoms with Crippen LogP contribution < -0.4 is 5.32 Å². The standard InChI is InChI=1S/C19H21FN2/c1-14-13-22(19-9-8-16(20)12-17(14)19)18(10-11-21-2)15-6-4-3-5-7-15/h3-9,12-13,18,21H,10-11H2,1-2H3. The van der Waals surface area contributed by atoms with Crippen molar-refractivity contribution in [3.63, 3.8) is 0 Å². The topological polar surface area (TPSA) is 17.0 Å². The Morgan fingerprint density at radius 3 is 2.64 bits per heavy atom. The second-order valence-corrected chi connectivity index (χ2v) is 5.70. The van der Waals surface area contributed by atoms with Gasteiger partial charge < -0.3 is 9.88 Å². The molecule has 0 saturated carbocycles. The SMILES string of the molecule is CNCCC(c1ccccc1)n1cc(C)c2cc(F)ccc21. The second-order valence-electron chi connectivity index (χ2n) is 5.70. The number of nitrogens with one attached hydrogen (secondary N) is 1. The van der Waals surface area contributed by atoms with E-state index in [0.29, 0.717) is 0 Å². The lowest BCUT2D eigenvalue weighted by atomic mass is 10.0. The molecule has 1 atom stereocenters. The van der Waals surface area contributed by atoms with Gasteiger partial charge >= 0.3 is 0 Å². The van der Waals surface area contributed by atoms with Gasteiger partial charge in [0.25, 0.3) is 0 Å². The van der Waals surface area contributed by atoms with Crippen molar-refractivity contribution >= 4 is 10.9 Å². The van der Waals surface area contributed by atoms with E-state index in [4.69, 9.17) is 0 Å². The van der Waals surface area contributed by atoms with Crippen LogP contribution in [0, 0.1) is 12.7 Å². The van der Waals surface area contributed by atoms with Crippen molar-refractivity contribution in [1.82, 2.24) is 9.88 Å². The van der Waals surface area contributed by atoms with E-state index >= 15 is 0 Å². The number of nitrogens with zero attached hydrogens (tertiary/aromatic N) is 1. The van der Waals surface area contributed by atoms with Gasteiger partial charge in [0.15, 0.2) is 0 Å². The van der Waals surface area contributed by atoms with Crippen molar-refractivity contribution < 1.29 is 4.39 Å². The van der Waals surface area contributed by atoms with Crippen molar-refractivity contribution in [3.05, 3.63) is 71.7 Å². The first-order valence-electron chi connectivity index (χ1n) is 7.67. The third-order valence-corrected chi connectivity index (χ3v) is 4.18. The molecule has 1 aromatic heterocycles. The smallest absolute Gasteiger partial charge is 0.123 e. The highest BCUT2D eigenvalue weighted by Gasteiger charge is 2.17. The van der Waals surface area contributed by atoms with Gasteiger partial charge in [0.05, 0.1) is 6.04 Å². The molecule has 0 fully saturated rings. The highest BCUT2D eigenvalue weighted by molar-refractivity contribution is 5.84. The Bertz CT molecular complexity index is 762. The Kier molecular flexibility index (Phi) is 4.25. The van der Waals surface area contributed by atoms with Gasteiger partial charge in [-0.2, -0.15) is 0 Å². The molecule has 0 saturated heterocycles. The average molecular weight is 296 g/mol. The van der Waals surface area contributed by atoms with E-state index in [9.17, 15) is 4.39 Å². The Labute approximate surface area is 130 Å². The van der Waals surface area contributed by atoms with E-state index in [-0.39, 0.29) is 11.9 Å². The fourth-order valence-electron chi connectivity index (χ4n) is 3.08. The summed E-state index contributed by atoms with van der Waals surface area (Å²) >= 11 is 0. The highest BCUT2D eigenvalue weighted by atomic mass is 19.1. The number of fused-ring (bicyclic) bond motifs is 1. The molecule has 0 radical (unpaired) electrons. The summed E-state index contributed by atoms with van der Waals surface area (Å²) in [5.41, 5.74) is 3.47. The Hall–Kier alpha value is -2.13. The minimum absolute atomic E-state index is 0.181. The van der Waals surface area contributed by atoms with E-state index in [1.54, 1.807) is 12.1 Å². The number of rotatable bonds is 5. The zero-order valence-corrected chi connectivity index (χ0v) is 13.0. The first kappa shape index (κ1) is 14.8. The molecular formula is C19H21FN2. The van der Waals surface area contributed by atoms with Crippen LogP contribution in [0.3, 0.4) is 0 Å². The molecule has 1 heterocycles. The van der Waals surface area contributed by atoms with Crippen LogP contribution in [0.4, 0.5) is 4.39 Å². The molecule has 0 bridgehead atoms. The molecule has 2 aromatic carbocycles. The van der Waals surface area contributed by atoms with Crippen molar-refractivity contribution in [2.24, 2.45) is 0 Å². The third-order valence-electron chi connectivity index (χ3n) is 4.18. The molecule has 3 aromatic rings. The number of benzene rings is 2. The second kappa shape index (κ2) is 6.32. The fraction of sp³-hybridized carbons (Fsp3) is 0.263. The summed E-state index contributed by atoms with van der Waals surface area (Å²) in [6.07, 6.45) is 3.12. The summed E-state index contributed by atoms with van der Waals surface area (Å²) in [6, 6.07) is 15.8. The van der Waals surface area contributed by atoms with Crippen LogP contribution in [0.15, 0.2) is 54.7 Å². The Morgan fingerprint density at radius 1 is 1.14 bits per heavy atom. The van der Waals surface area contributed by atoms with Gasteiger partial charge in [-0.25, -0.2) is 4.39 Å². The van der Waals surface area contributed by atoms with Gasteiger partial charge in [-0.05, 0) is 56.3 Å². The molecule has 0 aliphatic carbocycles. The van der Waals surface area contributed by atoms with Crippen molar-refractivity contribution in [3.8, 4) is 0 Å². The van der Waals surface area contributed by atoms with Crippen LogP contribution in [0.1, 0.15) is 23.6 Å². The minimum atomic E-state index is -0.181. The van der Waals surface area contributed by atoms with Crippen molar-refractivity contribution in [1.29, 1.82) is 0 Å². The molecule has 22 heavy (non-hydrogen) atoms. The monoisotopic (exact) mass is 296 g/mol. The first-order valence-corrected chi connectivity index (χ1v) is 7.67. The van der Waals surface area contributed by atoms with E-state index in [1.807, 2.05) is 26.1 Å². The van der Waals surface area contributed by atoms with Gasteiger partial charge in [0, 0.05) is 17.1 Å². The first-order chi connectivity index (χ1) is 10.7. The van der Waals surface area contributed by atoms with E-state index in [0.717, 1.165) is 29.4 Å². The van der Waals surface area contributed by atoms with Crippen LogP contribution in [0.2, 0.25) is 0 Å². The number of aryl methyl sites for hydroxylation is 1. The van der Waals surface area contributed by atoms with Gasteiger partial charge in [0.1, 0.15) is 5.82 Å². The maximum absolute atomic E-state index is 13.5. The lowest BCUT2D eigenvalue weighted by Crippen LogP contribution is -2.17. The molecule has 1 N–H and O–H groups in total. The fourth-order valence-corrected chi connectivity index (χ4v) is 3.08. The predicted molar refractivity (Wildman–Crippen MR) is 89.8 cm³/mol. The summed E-state index contributed by atoms with van der Waals surface area (Å²) < 4.78 is 15.8. The summed E-state index contributed by atoms with van der Waals surface area (Å²) in [7, 11) is 1.97. The molecule has 0 spiro atoms. The lowest BCUT2D eigenvalue weighted by Gasteiger charge is -2.21. The Balaban J connectivity index is 2.12. The summed E-state index contributed by atoms with van der Waals surface area (Å²) in [6.45, 7) is 2.97. The predicted octanol–water partition coefficient (Wildman–Crippen LogP) is 4.29. The summed E-state index contributed by atoms with van der Waals surface area (Å²) in [5, 5.41) is 4.22. The van der Waals surface area contributed by atoms with Crippen molar-refractivity contribution in [2.45, 2.75) is 19.4 Å². The van der Waals surface area contributed by atoms with Crippen LogP contribution in [-0.2, 0) is 0 Å². The zero-order valence-electron chi connectivity index (χ0n) is 13.0. The van der Waals surface area contributed by atoms with Crippen LogP contribution in [-0.4, -0.2) is 18.2 Å². The van der Waals surface area contributed by atoms with Crippen LogP contribution in [0.5, 0.6) is 0 Å². The zero-order chi connectivity index (χ0) is 15.5.